The topological polar surface area (TPSA) is 43.4 Å². The van der Waals surface area contributed by atoms with Crippen LogP contribution >= 0.6 is 0 Å². The van der Waals surface area contributed by atoms with Crippen LogP contribution in [0.3, 0.4) is 0 Å². The van der Waals surface area contributed by atoms with Gasteiger partial charge in [0.05, 0.1) is 0 Å². The maximum absolute atomic E-state index is 12.6. The molecule has 4 saturated carbocycles. The van der Waals surface area contributed by atoms with Gasteiger partial charge in [-0.2, -0.15) is 0 Å². The largest absolute Gasteiger partial charge is 0.462 e. The lowest BCUT2D eigenvalue weighted by molar-refractivity contribution is -0.162. The van der Waals surface area contributed by atoms with Gasteiger partial charge in [-0.3, -0.25) is 9.59 Å². The van der Waals surface area contributed by atoms with Crippen molar-refractivity contribution in [2.24, 2.45) is 34.5 Å². The first-order valence-corrected chi connectivity index (χ1v) is 14.1. The van der Waals surface area contributed by atoms with Gasteiger partial charge in [0.2, 0.25) is 0 Å². The van der Waals surface area contributed by atoms with E-state index in [4.69, 9.17) is 4.74 Å². The second kappa shape index (κ2) is 10.2. The number of Topliss-reactive ketones (excluding diaryl/α,β-unsaturated/α-hetero) is 1. The number of ketones is 1. The molecule has 4 aliphatic carbocycles. The summed E-state index contributed by atoms with van der Waals surface area (Å²) in [5, 5.41) is 0. The molecule has 0 amide bonds. The van der Waals surface area contributed by atoms with E-state index in [1.807, 2.05) is 0 Å². The van der Waals surface area contributed by atoms with Gasteiger partial charge in [0.15, 0.2) is 0 Å². The lowest BCUT2D eigenvalue weighted by Crippen LogP contribution is -2.54. The molecule has 0 heterocycles. The van der Waals surface area contributed by atoms with E-state index in [0.29, 0.717) is 29.5 Å². The highest BCUT2D eigenvalue weighted by atomic mass is 16.5. The molecule has 0 aliphatic heterocycles. The summed E-state index contributed by atoms with van der Waals surface area (Å²) in [5.74, 6) is 3.43. The van der Waals surface area contributed by atoms with Crippen LogP contribution < -0.4 is 0 Å². The first kappa shape index (κ1) is 24.3. The van der Waals surface area contributed by atoms with Crippen molar-refractivity contribution in [3.05, 3.63) is 0 Å². The molecule has 0 aromatic rings. The van der Waals surface area contributed by atoms with E-state index in [9.17, 15) is 9.59 Å². The second-order valence-electron chi connectivity index (χ2n) is 12.3. The normalized spacial score (nSPS) is 41.0. The average molecular weight is 445 g/mol. The van der Waals surface area contributed by atoms with Crippen molar-refractivity contribution in [1.82, 2.24) is 0 Å². The summed E-state index contributed by atoms with van der Waals surface area (Å²) in [6.07, 6.45) is 19.6. The fourth-order valence-corrected chi connectivity index (χ4v) is 8.57. The number of hydrogen-bond acceptors (Lipinski definition) is 3. The highest BCUT2D eigenvalue weighted by molar-refractivity contribution is 5.87. The van der Waals surface area contributed by atoms with Crippen molar-refractivity contribution >= 4 is 11.8 Å². The van der Waals surface area contributed by atoms with Gasteiger partial charge in [-0.25, -0.2) is 0 Å². The molecule has 4 fully saturated rings. The fraction of sp³-hybridized carbons (Fsp3) is 0.931. The van der Waals surface area contributed by atoms with Gasteiger partial charge < -0.3 is 4.74 Å². The Labute approximate surface area is 196 Å². The van der Waals surface area contributed by atoms with Crippen LogP contribution in [0.4, 0.5) is 0 Å². The van der Waals surface area contributed by atoms with E-state index in [2.05, 4.69) is 20.8 Å². The van der Waals surface area contributed by atoms with Gasteiger partial charge in [0.1, 0.15) is 11.9 Å². The molecule has 0 aromatic carbocycles. The van der Waals surface area contributed by atoms with Crippen molar-refractivity contribution in [2.75, 3.05) is 0 Å². The van der Waals surface area contributed by atoms with Crippen LogP contribution in [0, 0.1) is 34.5 Å². The molecular weight excluding hydrogens is 396 g/mol. The molecule has 32 heavy (non-hydrogen) atoms. The first-order chi connectivity index (χ1) is 15.4. The Bertz CT molecular complexity index is 671. The summed E-state index contributed by atoms with van der Waals surface area (Å²) in [7, 11) is 0. The molecule has 0 bridgehead atoms. The Balaban J connectivity index is 1.24. The van der Waals surface area contributed by atoms with E-state index in [1.165, 1.54) is 57.8 Å². The zero-order valence-corrected chi connectivity index (χ0v) is 21.1. The molecule has 0 aromatic heterocycles. The molecule has 3 heteroatoms. The van der Waals surface area contributed by atoms with Crippen LogP contribution in [0.5, 0.6) is 0 Å². The molecule has 0 radical (unpaired) electrons. The number of esters is 1. The second-order valence-corrected chi connectivity index (χ2v) is 12.3. The number of carbonyl (C=O) groups excluding carboxylic acids is 2. The maximum atomic E-state index is 12.6. The van der Waals surface area contributed by atoms with Crippen LogP contribution in [0.25, 0.3) is 0 Å². The highest BCUT2D eigenvalue weighted by Crippen LogP contribution is 2.65. The van der Waals surface area contributed by atoms with Crippen LogP contribution in [0.15, 0.2) is 0 Å². The van der Waals surface area contributed by atoms with E-state index < -0.39 is 0 Å². The van der Waals surface area contributed by atoms with Crippen LogP contribution in [0.2, 0.25) is 0 Å². The quantitative estimate of drug-likeness (QED) is 0.271. The van der Waals surface area contributed by atoms with Gasteiger partial charge >= 0.3 is 5.97 Å². The molecule has 7 atom stereocenters. The van der Waals surface area contributed by atoms with Crippen molar-refractivity contribution in [3.8, 4) is 0 Å². The summed E-state index contributed by atoms with van der Waals surface area (Å²) < 4.78 is 5.98. The van der Waals surface area contributed by atoms with E-state index in [1.54, 1.807) is 0 Å². The van der Waals surface area contributed by atoms with Crippen molar-refractivity contribution < 1.29 is 14.3 Å². The molecular formula is C29H48O3. The minimum absolute atomic E-state index is 0.0207. The third-order valence-electron chi connectivity index (χ3n) is 10.6. The third kappa shape index (κ3) is 4.69. The molecule has 182 valence electrons. The highest BCUT2D eigenvalue weighted by Gasteiger charge is 2.60. The standard InChI is InChI=1S/C29H48O3/c1-4-5-6-7-8-9-10-11-27(31)32-22-16-18-28(2)21(20-22)12-13-23-24-14-15-26(30)29(24,3)19-17-25(23)28/h21-25H,4-20H2,1-3H3/t21-,22-,23+,24+,25-,28-,29-/m0/s1. The molecule has 0 spiro atoms. The number of hydrogen-bond donors (Lipinski definition) is 0. The van der Waals surface area contributed by atoms with Gasteiger partial charge in [-0.05, 0) is 86.9 Å². The minimum atomic E-state index is -0.0207. The molecule has 3 nitrogen and oxygen atoms in total. The Morgan fingerprint density at radius 1 is 0.906 bits per heavy atom. The first-order valence-electron chi connectivity index (χ1n) is 14.1. The smallest absolute Gasteiger partial charge is 0.306 e. The maximum Gasteiger partial charge on any atom is 0.306 e. The zero-order chi connectivity index (χ0) is 22.8. The Kier molecular flexibility index (Phi) is 7.72. The number of ether oxygens (including phenoxy) is 1. The summed E-state index contributed by atoms with van der Waals surface area (Å²) in [4.78, 5) is 25.1. The Morgan fingerprint density at radius 2 is 1.66 bits per heavy atom. The van der Waals surface area contributed by atoms with Crippen molar-refractivity contribution in [1.29, 1.82) is 0 Å². The van der Waals surface area contributed by atoms with Crippen LogP contribution in [-0.4, -0.2) is 17.9 Å². The molecule has 0 saturated heterocycles. The number of rotatable bonds is 9. The van der Waals surface area contributed by atoms with Crippen LogP contribution in [0.1, 0.15) is 130 Å². The predicted molar refractivity (Wildman–Crippen MR) is 129 cm³/mol. The predicted octanol–water partition coefficient (Wildman–Crippen LogP) is 7.65. The number of unbranched alkanes of at least 4 members (excludes halogenated alkanes) is 6. The fourth-order valence-electron chi connectivity index (χ4n) is 8.57. The van der Waals surface area contributed by atoms with E-state index in [0.717, 1.165) is 56.8 Å². The summed E-state index contributed by atoms with van der Waals surface area (Å²) in [6.45, 7) is 7.07. The van der Waals surface area contributed by atoms with E-state index in [-0.39, 0.29) is 17.5 Å². The van der Waals surface area contributed by atoms with Crippen LogP contribution in [-0.2, 0) is 14.3 Å². The Morgan fingerprint density at radius 3 is 2.44 bits per heavy atom. The SMILES string of the molecule is CCCCCCCCCC(=O)O[C@H]1CC[C@@]2(C)[C@@H](CC[C@@H]3[C@H]4CCC(=O)[C@@]4(C)CC[C@@H]32)C1. The number of fused-ring (bicyclic) bond motifs is 5. The number of carbonyl (C=O) groups is 2. The van der Waals surface area contributed by atoms with E-state index >= 15 is 0 Å². The lowest BCUT2D eigenvalue weighted by atomic mass is 9.45. The van der Waals surface area contributed by atoms with Gasteiger partial charge in [-0.15, -0.1) is 0 Å². The van der Waals surface area contributed by atoms with Crippen molar-refractivity contribution in [3.63, 3.8) is 0 Å². The van der Waals surface area contributed by atoms with Crippen molar-refractivity contribution in [2.45, 2.75) is 136 Å². The average Bonchev–Trinajstić information content (AvgIpc) is 3.08. The van der Waals surface area contributed by atoms with Gasteiger partial charge in [0.25, 0.3) is 0 Å². The summed E-state index contributed by atoms with van der Waals surface area (Å²) in [6, 6.07) is 0. The molecule has 4 aliphatic rings. The monoisotopic (exact) mass is 444 g/mol. The van der Waals surface area contributed by atoms with Gasteiger partial charge in [-0.1, -0.05) is 59.3 Å². The molecule has 4 rings (SSSR count). The zero-order valence-electron chi connectivity index (χ0n) is 21.1. The minimum Gasteiger partial charge on any atom is -0.462 e. The summed E-state index contributed by atoms with van der Waals surface area (Å²) >= 11 is 0. The molecule has 0 unspecified atom stereocenters. The molecule has 0 N–H and O–H groups in total. The third-order valence-corrected chi connectivity index (χ3v) is 10.6. The Hall–Kier alpha value is -0.860. The lowest BCUT2D eigenvalue weighted by Gasteiger charge is -2.60. The summed E-state index contributed by atoms with van der Waals surface area (Å²) in [5.41, 5.74) is 0.365. The van der Waals surface area contributed by atoms with Gasteiger partial charge in [0, 0.05) is 18.3 Å².